The summed E-state index contributed by atoms with van der Waals surface area (Å²) in [6.07, 6.45) is 0. The van der Waals surface area contributed by atoms with E-state index in [4.69, 9.17) is 9.47 Å². The van der Waals surface area contributed by atoms with Gasteiger partial charge in [0.1, 0.15) is 11.5 Å². The lowest BCUT2D eigenvalue weighted by molar-refractivity contribution is 0.0994. The number of nitrogens with one attached hydrogen (secondary N) is 1. The number of fused-ring (bicyclic) bond motifs is 1. The number of aromatic amines is 1. The second kappa shape index (κ2) is 7.61. The van der Waals surface area contributed by atoms with Crippen LogP contribution in [0.5, 0.6) is 11.5 Å². The van der Waals surface area contributed by atoms with E-state index in [0.29, 0.717) is 12.2 Å². The van der Waals surface area contributed by atoms with Crippen molar-refractivity contribution in [1.29, 1.82) is 0 Å². The van der Waals surface area contributed by atoms with Gasteiger partial charge in [0.2, 0.25) is 0 Å². The fraction of sp³-hybridized carbons (Fsp3) is 0.263. The summed E-state index contributed by atoms with van der Waals surface area (Å²) in [5, 5.41) is 0.468. The fourth-order valence-electron chi connectivity index (χ4n) is 2.49. The largest absolute Gasteiger partial charge is 0.497 e. The number of carbonyl (C=O) groups excluding carboxylic acids is 1. The van der Waals surface area contributed by atoms with Crippen molar-refractivity contribution in [2.45, 2.75) is 24.3 Å². The highest BCUT2D eigenvalue weighted by molar-refractivity contribution is 8.00. The molecule has 3 aromatic rings. The van der Waals surface area contributed by atoms with Crippen molar-refractivity contribution in [2.75, 3.05) is 13.7 Å². The molecule has 0 bridgehead atoms. The van der Waals surface area contributed by atoms with Crippen molar-refractivity contribution >= 4 is 28.6 Å². The van der Waals surface area contributed by atoms with Crippen LogP contribution >= 0.6 is 11.8 Å². The third-order valence-corrected chi connectivity index (χ3v) is 4.76. The first-order valence-corrected chi connectivity index (χ1v) is 8.96. The van der Waals surface area contributed by atoms with Gasteiger partial charge in [0, 0.05) is 11.6 Å². The van der Waals surface area contributed by atoms with Gasteiger partial charge in [-0.2, -0.15) is 0 Å². The predicted octanol–water partition coefficient (Wildman–Crippen LogP) is 4.33. The number of imidazole rings is 1. The Balaban J connectivity index is 1.72. The third-order valence-electron chi connectivity index (χ3n) is 3.77. The zero-order chi connectivity index (χ0) is 17.8. The van der Waals surface area contributed by atoms with Crippen LogP contribution in [0, 0.1) is 0 Å². The number of hydrogen-bond donors (Lipinski definition) is 1. The molecule has 0 fully saturated rings. The summed E-state index contributed by atoms with van der Waals surface area (Å²) >= 11 is 1.41. The van der Waals surface area contributed by atoms with Crippen LogP contribution < -0.4 is 9.47 Å². The van der Waals surface area contributed by atoms with Gasteiger partial charge in [0.25, 0.3) is 0 Å². The maximum atomic E-state index is 12.6. The van der Waals surface area contributed by atoms with Crippen molar-refractivity contribution < 1.29 is 14.3 Å². The van der Waals surface area contributed by atoms with Crippen LogP contribution in [0.25, 0.3) is 11.0 Å². The molecular formula is C19H20N2O3S. The summed E-state index contributed by atoms with van der Waals surface area (Å²) in [4.78, 5) is 20.4. The highest BCUT2D eigenvalue weighted by Gasteiger charge is 2.18. The Hall–Kier alpha value is -2.47. The number of nitrogens with zero attached hydrogens (tertiary/aromatic N) is 1. The summed E-state index contributed by atoms with van der Waals surface area (Å²) in [5.74, 6) is 1.60. The van der Waals surface area contributed by atoms with E-state index in [2.05, 4.69) is 9.97 Å². The summed E-state index contributed by atoms with van der Waals surface area (Å²) in [6.45, 7) is 4.42. The zero-order valence-electron chi connectivity index (χ0n) is 14.4. The third kappa shape index (κ3) is 3.96. The normalized spacial score (nSPS) is 12.1. The molecule has 3 rings (SSSR count). The number of hydrogen-bond acceptors (Lipinski definition) is 5. The van der Waals surface area contributed by atoms with Crippen LogP contribution in [-0.4, -0.2) is 34.7 Å². The highest BCUT2D eigenvalue weighted by Crippen LogP contribution is 2.27. The molecular weight excluding hydrogens is 336 g/mol. The van der Waals surface area contributed by atoms with Crippen LogP contribution in [0.15, 0.2) is 47.6 Å². The van der Waals surface area contributed by atoms with Crippen LogP contribution in [0.3, 0.4) is 0 Å². The second-order valence-electron chi connectivity index (χ2n) is 5.51. The van der Waals surface area contributed by atoms with E-state index >= 15 is 0 Å². The van der Waals surface area contributed by atoms with Crippen LogP contribution in [0.1, 0.15) is 24.2 Å². The highest BCUT2D eigenvalue weighted by atomic mass is 32.2. The Morgan fingerprint density at radius 3 is 2.60 bits per heavy atom. The molecule has 1 heterocycles. The van der Waals surface area contributed by atoms with Gasteiger partial charge in [0.15, 0.2) is 10.9 Å². The number of ether oxygens (including phenoxy) is 2. The Morgan fingerprint density at radius 2 is 1.92 bits per heavy atom. The number of benzene rings is 2. The Morgan fingerprint density at radius 1 is 1.20 bits per heavy atom. The van der Waals surface area contributed by atoms with Gasteiger partial charge in [-0.05, 0) is 50.2 Å². The van der Waals surface area contributed by atoms with Gasteiger partial charge in [0.05, 0.1) is 30.0 Å². The van der Waals surface area contributed by atoms with Gasteiger partial charge in [-0.25, -0.2) is 4.98 Å². The standard InChI is InChI=1S/C19H20N2O3S/c1-4-24-14-7-5-13(6-8-14)18(22)12(2)25-19-20-16-10-9-15(23-3)11-17(16)21-19/h5-12H,4H2,1-3H3,(H,20,21)/t12-/m1/s1. The average molecular weight is 356 g/mol. The molecule has 2 aromatic carbocycles. The van der Waals surface area contributed by atoms with Crippen LogP contribution in [0.2, 0.25) is 0 Å². The minimum Gasteiger partial charge on any atom is -0.497 e. The molecule has 0 amide bonds. The molecule has 25 heavy (non-hydrogen) atoms. The van der Waals surface area contributed by atoms with E-state index in [-0.39, 0.29) is 11.0 Å². The first kappa shape index (κ1) is 17.4. The van der Waals surface area contributed by atoms with Crippen LogP contribution in [-0.2, 0) is 0 Å². The SMILES string of the molecule is CCOc1ccc(C(=O)[C@@H](C)Sc2nc3ccc(OC)cc3[nH]2)cc1. The lowest BCUT2D eigenvalue weighted by Crippen LogP contribution is -2.13. The number of ketones is 1. The number of aromatic nitrogens is 2. The lowest BCUT2D eigenvalue weighted by atomic mass is 10.1. The molecule has 1 atom stereocenters. The molecule has 1 N–H and O–H groups in total. The quantitative estimate of drug-likeness (QED) is 0.504. The Bertz CT molecular complexity index is 874. The van der Waals surface area contributed by atoms with Crippen molar-refractivity contribution in [3.05, 3.63) is 48.0 Å². The predicted molar refractivity (Wildman–Crippen MR) is 99.9 cm³/mol. The molecule has 1 aromatic heterocycles. The van der Waals surface area contributed by atoms with E-state index in [0.717, 1.165) is 27.7 Å². The van der Waals surface area contributed by atoms with Crippen molar-refractivity contribution in [1.82, 2.24) is 9.97 Å². The maximum absolute atomic E-state index is 12.6. The monoisotopic (exact) mass is 356 g/mol. The first-order valence-electron chi connectivity index (χ1n) is 8.08. The van der Waals surface area contributed by atoms with Crippen LogP contribution in [0.4, 0.5) is 0 Å². The molecule has 0 unspecified atom stereocenters. The van der Waals surface area contributed by atoms with Gasteiger partial charge >= 0.3 is 0 Å². The van der Waals surface area contributed by atoms with Gasteiger partial charge in [-0.15, -0.1) is 0 Å². The van der Waals surface area contributed by atoms with E-state index in [1.54, 1.807) is 19.2 Å². The number of Topliss-reactive ketones (excluding diaryl/α,β-unsaturated/α-hetero) is 1. The molecule has 0 saturated heterocycles. The number of methoxy groups -OCH3 is 1. The number of rotatable bonds is 7. The van der Waals surface area contributed by atoms with Gasteiger partial charge < -0.3 is 14.5 Å². The molecule has 6 heteroatoms. The summed E-state index contributed by atoms with van der Waals surface area (Å²) in [5.41, 5.74) is 2.41. The molecule has 0 saturated carbocycles. The minimum absolute atomic E-state index is 0.0612. The average Bonchev–Trinajstić information content (AvgIpc) is 3.03. The van der Waals surface area contributed by atoms with E-state index < -0.39 is 0 Å². The molecule has 130 valence electrons. The van der Waals surface area contributed by atoms with Crippen molar-refractivity contribution in [2.24, 2.45) is 0 Å². The number of H-pyrrole nitrogens is 1. The van der Waals surface area contributed by atoms with E-state index in [1.807, 2.05) is 44.2 Å². The molecule has 0 aliphatic rings. The fourth-order valence-corrected chi connectivity index (χ4v) is 3.38. The topological polar surface area (TPSA) is 64.2 Å². The zero-order valence-corrected chi connectivity index (χ0v) is 15.2. The minimum atomic E-state index is -0.250. The molecule has 5 nitrogen and oxygen atoms in total. The van der Waals surface area contributed by atoms with E-state index in [9.17, 15) is 4.79 Å². The van der Waals surface area contributed by atoms with Gasteiger partial charge in [-0.1, -0.05) is 11.8 Å². The molecule has 0 spiro atoms. The Labute approximate surface area is 150 Å². The van der Waals surface area contributed by atoms with Crippen molar-refractivity contribution in [3.63, 3.8) is 0 Å². The molecule has 0 radical (unpaired) electrons. The second-order valence-corrected chi connectivity index (χ2v) is 6.84. The summed E-state index contributed by atoms with van der Waals surface area (Å²) < 4.78 is 10.6. The van der Waals surface area contributed by atoms with Crippen molar-refractivity contribution in [3.8, 4) is 11.5 Å². The van der Waals surface area contributed by atoms with E-state index in [1.165, 1.54) is 11.8 Å². The summed E-state index contributed by atoms with van der Waals surface area (Å²) in [6, 6.07) is 12.9. The number of carbonyl (C=O) groups is 1. The first-order chi connectivity index (χ1) is 12.1. The maximum Gasteiger partial charge on any atom is 0.175 e. The Kier molecular flexibility index (Phi) is 5.28. The smallest absolute Gasteiger partial charge is 0.175 e. The lowest BCUT2D eigenvalue weighted by Gasteiger charge is -2.09. The van der Waals surface area contributed by atoms with Gasteiger partial charge in [-0.3, -0.25) is 4.79 Å². The summed E-state index contributed by atoms with van der Waals surface area (Å²) in [7, 11) is 1.63. The number of thioether (sulfide) groups is 1. The molecule has 0 aliphatic carbocycles. The molecule has 0 aliphatic heterocycles.